The predicted octanol–water partition coefficient (Wildman–Crippen LogP) is 3.86. The molecular formula is C18H15N3O2S2. The highest BCUT2D eigenvalue weighted by Gasteiger charge is 2.20. The van der Waals surface area contributed by atoms with E-state index in [0.717, 1.165) is 26.7 Å². The predicted molar refractivity (Wildman–Crippen MR) is 100 cm³/mol. The molecule has 2 amide bonds. The molecule has 4 rings (SSSR count). The van der Waals surface area contributed by atoms with Crippen LogP contribution in [0.3, 0.4) is 0 Å². The lowest BCUT2D eigenvalue weighted by Crippen LogP contribution is -2.26. The Bertz CT molecular complexity index is 947. The van der Waals surface area contributed by atoms with Crippen LogP contribution < -0.4 is 10.6 Å². The number of rotatable bonds is 4. The van der Waals surface area contributed by atoms with Crippen molar-refractivity contribution in [3.05, 3.63) is 57.9 Å². The summed E-state index contributed by atoms with van der Waals surface area (Å²) in [5.74, 6) is -0.186. The highest BCUT2D eigenvalue weighted by atomic mass is 32.1. The summed E-state index contributed by atoms with van der Waals surface area (Å²) in [6.07, 6.45) is 0.389. The molecule has 0 aliphatic carbocycles. The maximum Gasteiger partial charge on any atom is 0.271 e. The van der Waals surface area contributed by atoms with E-state index in [4.69, 9.17) is 0 Å². The number of aromatic nitrogens is 1. The Morgan fingerprint density at radius 1 is 1.32 bits per heavy atom. The van der Waals surface area contributed by atoms with E-state index >= 15 is 0 Å². The van der Waals surface area contributed by atoms with E-state index in [9.17, 15) is 9.59 Å². The molecule has 2 aromatic heterocycles. The summed E-state index contributed by atoms with van der Waals surface area (Å²) in [6, 6.07) is 9.57. The zero-order valence-electron chi connectivity index (χ0n) is 13.4. The second-order valence-corrected chi connectivity index (χ2v) is 7.66. The van der Waals surface area contributed by atoms with Gasteiger partial charge in [0.25, 0.3) is 5.91 Å². The van der Waals surface area contributed by atoms with Gasteiger partial charge in [0.05, 0.1) is 17.3 Å². The Labute approximate surface area is 152 Å². The number of carbonyl (C=O) groups is 2. The fourth-order valence-corrected chi connectivity index (χ4v) is 4.38. The minimum Gasteiger partial charge on any atom is -0.344 e. The monoisotopic (exact) mass is 369 g/mol. The molecule has 0 spiro atoms. The first-order valence-corrected chi connectivity index (χ1v) is 9.59. The van der Waals surface area contributed by atoms with Crippen LogP contribution in [0.4, 0.5) is 5.69 Å². The summed E-state index contributed by atoms with van der Waals surface area (Å²) >= 11 is 3.07. The zero-order chi connectivity index (χ0) is 17.4. The Hall–Kier alpha value is -2.51. The van der Waals surface area contributed by atoms with Gasteiger partial charge in [-0.15, -0.1) is 22.7 Å². The third-order valence-corrected chi connectivity index (χ3v) is 5.95. The van der Waals surface area contributed by atoms with Crippen molar-refractivity contribution in [3.63, 3.8) is 0 Å². The lowest BCUT2D eigenvalue weighted by atomic mass is 10.0. The van der Waals surface area contributed by atoms with Crippen LogP contribution >= 0.6 is 22.7 Å². The van der Waals surface area contributed by atoms with E-state index in [1.54, 1.807) is 16.7 Å². The Morgan fingerprint density at radius 2 is 2.20 bits per heavy atom. The third-order valence-electron chi connectivity index (χ3n) is 4.07. The molecule has 1 aromatic carbocycles. The lowest BCUT2D eigenvalue weighted by molar-refractivity contribution is -0.115. The molecule has 0 bridgehead atoms. The summed E-state index contributed by atoms with van der Waals surface area (Å²) in [6.45, 7) is 1.93. The van der Waals surface area contributed by atoms with Gasteiger partial charge < -0.3 is 10.6 Å². The highest BCUT2D eigenvalue weighted by molar-refractivity contribution is 7.20. The van der Waals surface area contributed by atoms with E-state index in [1.807, 2.05) is 42.6 Å². The van der Waals surface area contributed by atoms with E-state index in [0.29, 0.717) is 12.1 Å². The second-order valence-electron chi connectivity index (χ2n) is 5.85. The van der Waals surface area contributed by atoms with Crippen LogP contribution in [0.15, 0.2) is 41.1 Å². The Morgan fingerprint density at radius 3 is 3.00 bits per heavy atom. The van der Waals surface area contributed by atoms with Gasteiger partial charge in [-0.1, -0.05) is 18.2 Å². The summed E-state index contributed by atoms with van der Waals surface area (Å²) < 4.78 is 0. The summed E-state index contributed by atoms with van der Waals surface area (Å²) in [5.41, 5.74) is 3.22. The molecule has 1 atom stereocenters. The number of fused-ring (bicyclic) bond motifs is 1. The molecular weight excluding hydrogens is 354 g/mol. The Kier molecular flexibility index (Phi) is 4.10. The van der Waals surface area contributed by atoms with Crippen molar-refractivity contribution in [1.82, 2.24) is 10.3 Å². The lowest BCUT2D eigenvalue weighted by Gasteiger charge is -2.14. The van der Waals surface area contributed by atoms with E-state index in [-0.39, 0.29) is 17.9 Å². The largest absolute Gasteiger partial charge is 0.344 e. The van der Waals surface area contributed by atoms with Crippen molar-refractivity contribution in [3.8, 4) is 9.88 Å². The van der Waals surface area contributed by atoms with E-state index < -0.39 is 0 Å². The summed E-state index contributed by atoms with van der Waals surface area (Å²) in [7, 11) is 0. The number of nitrogens with one attached hydrogen (secondary N) is 2. The summed E-state index contributed by atoms with van der Waals surface area (Å²) in [4.78, 5) is 29.4. The number of benzene rings is 1. The number of hydrogen-bond donors (Lipinski definition) is 2. The standard InChI is InChI=1S/C18H15N3O2S2/c1-10(11-4-5-13-12(7-11)8-16(22)20-13)19-17(23)14-9-25-18(21-14)15-3-2-6-24-15/h2-7,9-10H,8H2,1H3,(H,19,23)(H,20,22)/t10-/m1/s1. The number of carbonyl (C=O) groups excluding carboxylic acids is 2. The first kappa shape index (κ1) is 16.0. The third kappa shape index (κ3) is 3.20. The average Bonchev–Trinajstić information content (AvgIpc) is 3.32. The van der Waals surface area contributed by atoms with Gasteiger partial charge in [0.1, 0.15) is 10.7 Å². The number of nitrogens with zero attached hydrogens (tertiary/aromatic N) is 1. The minimum atomic E-state index is -0.193. The van der Waals surface area contributed by atoms with Crippen LogP contribution in [-0.2, 0) is 11.2 Å². The van der Waals surface area contributed by atoms with Gasteiger partial charge in [-0.2, -0.15) is 0 Å². The van der Waals surface area contributed by atoms with Gasteiger partial charge in [0.2, 0.25) is 5.91 Å². The van der Waals surface area contributed by atoms with Gasteiger partial charge in [-0.3, -0.25) is 9.59 Å². The first-order chi connectivity index (χ1) is 12.1. The zero-order valence-corrected chi connectivity index (χ0v) is 15.0. The van der Waals surface area contributed by atoms with Crippen molar-refractivity contribution >= 4 is 40.2 Å². The molecule has 0 fully saturated rings. The topological polar surface area (TPSA) is 71.1 Å². The van der Waals surface area contributed by atoms with Crippen LogP contribution in [-0.4, -0.2) is 16.8 Å². The molecule has 5 nitrogen and oxygen atoms in total. The van der Waals surface area contributed by atoms with Crippen LogP contribution in [0.1, 0.15) is 34.6 Å². The van der Waals surface area contributed by atoms with Gasteiger partial charge in [-0.25, -0.2) is 4.98 Å². The minimum absolute atomic E-state index is 0.00687. The fourth-order valence-electron chi connectivity index (χ4n) is 2.76. The molecule has 2 N–H and O–H groups in total. The smallest absolute Gasteiger partial charge is 0.271 e. The molecule has 25 heavy (non-hydrogen) atoms. The van der Waals surface area contributed by atoms with Crippen molar-refractivity contribution < 1.29 is 9.59 Å². The molecule has 0 radical (unpaired) electrons. The normalized spacial score (nSPS) is 14.0. The first-order valence-electron chi connectivity index (χ1n) is 7.83. The van der Waals surface area contributed by atoms with E-state index in [1.165, 1.54) is 11.3 Å². The highest BCUT2D eigenvalue weighted by Crippen LogP contribution is 2.29. The fraction of sp³-hybridized carbons (Fsp3) is 0.167. The second kappa shape index (κ2) is 6.42. The van der Waals surface area contributed by atoms with Gasteiger partial charge in [-0.05, 0) is 35.6 Å². The van der Waals surface area contributed by atoms with Crippen LogP contribution in [0, 0.1) is 0 Å². The van der Waals surface area contributed by atoms with Crippen molar-refractivity contribution in [2.24, 2.45) is 0 Å². The molecule has 1 aliphatic heterocycles. The summed E-state index contributed by atoms with van der Waals surface area (Å²) in [5, 5.41) is 10.4. The van der Waals surface area contributed by atoms with Crippen LogP contribution in [0.5, 0.6) is 0 Å². The number of hydrogen-bond acceptors (Lipinski definition) is 5. The molecule has 0 unspecified atom stereocenters. The van der Waals surface area contributed by atoms with Gasteiger partial charge >= 0.3 is 0 Å². The van der Waals surface area contributed by atoms with Crippen molar-refractivity contribution in [1.29, 1.82) is 0 Å². The number of thiazole rings is 1. The maximum absolute atomic E-state index is 12.5. The van der Waals surface area contributed by atoms with Gasteiger partial charge in [0, 0.05) is 11.1 Å². The van der Waals surface area contributed by atoms with Gasteiger partial charge in [0.15, 0.2) is 0 Å². The van der Waals surface area contributed by atoms with Crippen molar-refractivity contribution in [2.45, 2.75) is 19.4 Å². The maximum atomic E-state index is 12.5. The molecule has 0 saturated heterocycles. The molecule has 3 aromatic rings. The number of thiophene rings is 1. The SMILES string of the molecule is C[C@@H](NC(=O)c1csc(-c2cccs2)n1)c1ccc2c(c1)CC(=O)N2. The average molecular weight is 369 g/mol. The molecule has 3 heterocycles. The molecule has 126 valence electrons. The molecule has 0 saturated carbocycles. The van der Waals surface area contributed by atoms with E-state index in [2.05, 4.69) is 15.6 Å². The van der Waals surface area contributed by atoms with Crippen LogP contribution in [0.2, 0.25) is 0 Å². The number of amides is 2. The number of anilines is 1. The van der Waals surface area contributed by atoms with Crippen molar-refractivity contribution in [2.75, 3.05) is 5.32 Å². The quantitative estimate of drug-likeness (QED) is 0.734. The molecule has 7 heteroatoms. The Balaban J connectivity index is 1.48. The molecule has 1 aliphatic rings. The van der Waals surface area contributed by atoms with Crippen LogP contribution in [0.25, 0.3) is 9.88 Å².